The summed E-state index contributed by atoms with van der Waals surface area (Å²) in [7, 11) is 0. The van der Waals surface area contributed by atoms with E-state index in [1.165, 1.54) is 0 Å². The standard InChI is InChI=1S/C16H20N4OS/c1-12-9-13(2)11-14(10-12)18-15(21)19-4-6-20(7-5-19)16-17-3-8-22-16/h3,8-11H,4-7H2,1-2H3,(H,18,21). The Labute approximate surface area is 134 Å². The van der Waals surface area contributed by atoms with Crippen LogP contribution in [0, 0.1) is 13.8 Å². The summed E-state index contributed by atoms with van der Waals surface area (Å²) >= 11 is 1.64. The van der Waals surface area contributed by atoms with Crippen LogP contribution in [0.4, 0.5) is 15.6 Å². The predicted octanol–water partition coefficient (Wildman–Crippen LogP) is 3.11. The number of urea groups is 1. The zero-order valence-corrected chi connectivity index (χ0v) is 13.7. The number of hydrogen-bond donors (Lipinski definition) is 1. The second-order valence-electron chi connectivity index (χ2n) is 5.60. The van der Waals surface area contributed by atoms with E-state index in [2.05, 4.69) is 21.3 Å². The Bertz CT molecular complexity index is 628. The van der Waals surface area contributed by atoms with Crippen LogP contribution in [-0.4, -0.2) is 42.1 Å². The molecule has 0 spiro atoms. The van der Waals surface area contributed by atoms with Crippen LogP contribution >= 0.6 is 11.3 Å². The van der Waals surface area contributed by atoms with Crippen molar-refractivity contribution in [3.05, 3.63) is 40.9 Å². The molecule has 0 radical (unpaired) electrons. The van der Waals surface area contributed by atoms with Crippen LogP contribution in [0.2, 0.25) is 0 Å². The van der Waals surface area contributed by atoms with Gasteiger partial charge in [-0.1, -0.05) is 6.07 Å². The van der Waals surface area contributed by atoms with Gasteiger partial charge in [0.25, 0.3) is 0 Å². The summed E-state index contributed by atoms with van der Waals surface area (Å²) in [5.41, 5.74) is 3.18. The molecule has 2 amide bonds. The molecule has 6 heteroatoms. The topological polar surface area (TPSA) is 48.5 Å². The second kappa shape index (κ2) is 6.36. The number of nitrogens with zero attached hydrogens (tertiary/aromatic N) is 3. The summed E-state index contributed by atoms with van der Waals surface area (Å²) in [6, 6.07) is 6.07. The van der Waals surface area contributed by atoms with Gasteiger partial charge in [0.15, 0.2) is 5.13 Å². The summed E-state index contributed by atoms with van der Waals surface area (Å²) in [4.78, 5) is 20.8. The Balaban J connectivity index is 1.58. The van der Waals surface area contributed by atoms with Gasteiger partial charge in [-0.2, -0.15) is 0 Å². The molecule has 116 valence electrons. The van der Waals surface area contributed by atoms with Gasteiger partial charge in [0.2, 0.25) is 0 Å². The number of amides is 2. The number of carbonyl (C=O) groups excluding carboxylic acids is 1. The molecule has 1 aliphatic heterocycles. The number of benzene rings is 1. The molecule has 1 saturated heterocycles. The van der Waals surface area contributed by atoms with Crippen molar-refractivity contribution in [2.75, 3.05) is 36.4 Å². The molecule has 0 atom stereocenters. The summed E-state index contributed by atoms with van der Waals surface area (Å²) in [6.07, 6.45) is 1.82. The van der Waals surface area contributed by atoms with Gasteiger partial charge in [-0.05, 0) is 37.1 Å². The van der Waals surface area contributed by atoms with Gasteiger partial charge in [0.1, 0.15) is 0 Å². The van der Waals surface area contributed by atoms with Gasteiger partial charge < -0.3 is 15.1 Å². The SMILES string of the molecule is Cc1cc(C)cc(NC(=O)N2CCN(c3nccs3)CC2)c1. The number of carbonyl (C=O) groups is 1. The highest BCUT2D eigenvalue weighted by molar-refractivity contribution is 7.13. The average molecular weight is 316 g/mol. The van der Waals surface area contributed by atoms with Crippen molar-refractivity contribution in [2.24, 2.45) is 0 Å². The third kappa shape index (κ3) is 3.39. The first kappa shape index (κ1) is 14.8. The number of rotatable bonds is 2. The summed E-state index contributed by atoms with van der Waals surface area (Å²) in [5.74, 6) is 0. The average Bonchev–Trinajstić information content (AvgIpc) is 3.00. The maximum absolute atomic E-state index is 12.4. The molecule has 1 fully saturated rings. The van der Waals surface area contributed by atoms with Crippen molar-refractivity contribution in [2.45, 2.75) is 13.8 Å². The van der Waals surface area contributed by atoms with Gasteiger partial charge in [0.05, 0.1) is 0 Å². The van der Waals surface area contributed by atoms with Crippen molar-refractivity contribution < 1.29 is 4.79 Å². The number of thiazole rings is 1. The van der Waals surface area contributed by atoms with Crippen molar-refractivity contribution in [3.8, 4) is 0 Å². The maximum Gasteiger partial charge on any atom is 0.321 e. The molecular formula is C16H20N4OS. The lowest BCUT2D eigenvalue weighted by molar-refractivity contribution is 0.208. The second-order valence-corrected chi connectivity index (χ2v) is 6.47. The molecule has 0 bridgehead atoms. The molecule has 1 N–H and O–H groups in total. The number of hydrogen-bond acceptors (Lipinski definition) is 4. The van der Waals surface area contributed by atoms with Crippen LogP contribution < -0.4 is 10.2 Å². The van der Waals surface area contributed by atoms with Crippen LogP contribution in [0.5, 0.6) is 0 Å². The molecule has 1 aromatic heterocycles. The molecule has 1 aromatic carbocycles. The Morgan fingerprint density at radius 3 is 2.41 bits per heavy atom. The van der Waals surface area contributed by atoms with E-state index in [0.29, 0.717) is 0 Å². The quantitative estimate of drug-likeness (QED) is 0.926. The summed E-state index contributed by atoms with van der Waals surface area (Å²) < 4.78 is 0. The first-order valence-corrected chi connectivity index (χ1v) is 8.28. The number of piperazine rings is 1. The minimum Gasteiger partial charge on any atom is -0.345 e. The van der Waals surface area contributed by atoms with Crippen LogP contribution in [-0.2, 0) is 0 Å². The lowest BCUT2D eigenvalue weighted by atomic mass is 10.1. The van der Waals surface area contributed by atoms with Crippen LogP contribution in [0.25, 0.3) is 0 Å². The fraction of sp³-hybridized carbons (Fsp3) is 0.375. The largest absolute Gasteiger partial charge is 0.345 e. The maximum atomic E-state index is 12.4. The highest BCUT2D eigenvalue weighted by atomic mass is 32.1. The van der Waals surface area contributed by atoms with E-state index >= 15 is 0 Å². The Kier molecular flexibility index (Phi) is 4.29. The third-order valence-electron chi connectivity index (χ3n) is 3.73. The zero-order chi connectivity index (χ0) is 15.5. The first-order chi connectivity index (χ1) is 10.6. The highest BCUT2D eigenvalue weighted by Crippen LogP contribution is 2.19. The third-order valence-corrected chi connectivity index (χ3v) is 4.56. The highest BCUT2D eigenvalue weighted by Gasteiger charge is 2.22. The van der Waals surface area contributed by atoms with Crippen molar-refractivity contribution in [1.82, 2.24) is 9.88 Å². The molecule has 2 heterocycles. The molecule has 22 heavy (non-hydrogen) atoms. The summed E-state index contributed by atoms with van der Waals surface area (Å²) in [5, 5.41) is 6.02. The molecule has 0 saturated carbocycles. The van der Waals surface area contributed by atoms with Crippen molar-refractivity contribution in [3.63, 3.8) is 0 Å². The monoisotopic (exact) mass is 316 g/mol. The van der Waals surface area contributed by atoms with Crippen LogP contribution in [0.15, 0.2) is 29.8 Å². The first-order valence-electron chi connectivity index (χ1n) is 7.40. The molecule has 0 unspecified atom stereocenters. The Hall–Kier alpha value is -2.08. The van der Waals surface area contributed by atoms with Gasteiger partial charge >= 0.3 is 6.03 Å². The molecule has 1 aliphatic rings. The Morgan fingerprint density at radius 1 is 1.14 bits per heavy atom. The minimum atomic E-state index is -0.0243. The molecular weight excluding hydrogens is 296 g/mol. The van der Waals surface area contributed by atoms with E-state index in [4.69, 9.17) is 0 Å². The number of aromatic nitrogens is 1. The van der Waals surface area contributed by atoms with E-state index in [9.17, 15) is 4.79 Å². The van der Waals surface area contributed by atoms with E-state index in [-0.39, 0.29) is 6.03 Å². The van der Waals surface area contributed by atoms with E-state index < -0.39 is 0 Å². The predicted molar refractivity (Wildman–Crippen MR) is 90.8 cm³/mol. The zero-order valence-electron chi connectivity index (χ0n) is 12.9. The smallest absolute Gasteiger partial charge is 0.321 e. The molecule has 0 aliphatic carbocycles. The Morgan fingerprint density at radius 2 is 1.82 bits per heavy atom. The van der Waals surface area contributed by atoms with Crippen LogP contribution in [0.3, 0.4) is 0 Å². The van der Waals surface area contributed by atoms with Crippen molar-refractivity contribution in [1.29, 1.82) is 0 Å². The normalized spacial score (nSPS) is 15.0. The fourth-order valence-electron chi connectivity index (χ4n) is 2.72. The molecule has 3 rings (SSSR count). The minimum absolute atomic E-state index is 0.0243. The van der Waals surface area contributed by atoms with Gasteiger partial charge in [-0.15, -0.1) is 11.3 Å². The number of nitrogens with one attached hydrogen (secondary N) is 1. The van der Waals surface area contributed by atoms with Gasteiger partial charge in [0, 0.05) is 43.4 Å². The lowest BCUT2D eigenvalue weighted by Gasteiger charge is -2.34. The summed E-state index contributed by atoms with van der Waals surface area (Å²) in [6.45, 7) is 7.17. The van der Waals surface area contributed by atoms with Gasteiger partial charge in [-0.3, -0.25) is 0 Å². The number of aryl methyl sites for hydroxylation is 2. The van der Waals surface area contributed by atoms with Crippen molar-refractivity contribution >= 4 is 28.2 Å². The van der Waals surface area contributed by atoms with Gasteiger partial charge in [-0.25, -0.2) is 9.78 Å². The molecule has 5 nitrogen and oxygen atoms in total. The number of anilines is 2. The van der Waals surface area contributed by atoms with E-state index in [1.54, 1.807) is 11.3 Å². The van der Waals surface area contributed by atoms with E-state index in [1.807, 2.05) is 42.5 Å². The molecule has 2 aromatic rings. The fourth-order valence-corrected chi connectivity index (χ4v) is 3.42. The lowest BCUT2D eigenvalue weighted by Crippen LogP contribution is -2.50. The van der Waals surface area contributed by atoms with Crippen LogP contribution in [0.1, 0.15) is 11.1 Å². The van der Waals surface area contributed by atoms with E-state index in [0.717, 1.165) is 48.1 Å².